The second-order valence-electron chi connectivity index (χ2n) is 8.35. The molecule has 0 saturated carbocycles. The molecule has 11 heteroatoms. The Morgan fingerprint density at radius 1 is 0.912 bits per heavy atom. The van der Waals surface area contributed by atoms with Crippen LogP contribution in [0.1, 0.15) is 6.42 Å². The van der Waals surface area contributed by atoms with Gasteiger partial charge >= 0.3 is 0 Å². The van der Waals surface area contributed by atoms with Crippen LogP contribution in [0, 0.1) is 17.6 Å². The van der Waals surface area contributed by atoms with Crippen molar-refractivity contribution in [2.45, 2.75) is 6.42 Å². The van der Waals surface area contributed by atoms with Crippen LogP contribution >= 0.6 is 0 Å². The number of nitrogens with one attached hydrogen (secondary N) is 1. The summed E-state index contributed by atoms with van der Waals surface area (Å²) in [5.74, 6) is -2.19. The number of nitrogens with zero attached hydrogens (tertiary/aromatic N) is 3. The number of sulfonamides is 1. The molecule has 2 aliphatic rings. The summed E-state index contributed by atoms with van der Waals surface area (Å²) in [5, 5.41) is 2.63. The highest BCUT2D eigenvalue weighted by Gasteiger charge is 2.35. The van der Waals surface area contributed by atoms with Crippen molar-refractivity contribution in [3.05, 3.63) is 60.2 Å². The number of halogens is 2. The number of amides is 2. The van der Waals surface area contributed by atoms with Crippen LogP contribution in [0.2, 0.25) is 0 Å². The van der Waals surface area contributed by atoms with Crippen molar-refractivity contribution in [3.63, 3.8) is 0 Å². The lowest BCUT2D eigenvalue weighted by Crippen LogP contribution is -2.50. The van der Waals surface area contributed by atoms with E-state index in [9.17, 15) is 26.8 Å². The third kappa shape index (κ3) is 5.53. The number of carbonyl (C=O) groups is 2. The number of benzene rings is 2. The predicted molar refractivity (Wildman–Crippen MR) is 124 cm³/mol. The van der Waals surface area contributed by atoms with Crippen molar-refractivity contribution in [1.82, 2.24) is 9.62 Å². The van der Waals surface area contributed by atoms with Crippen LogP contribution in [0.3, 0.4) is 0 Å². The van der Waals surface area contributed by atoms with Gasteiger partial charge in [-0.2, -0.15) is 4.31 Å². The van der Waals surface area contributed by atoms with Crippen molar-refractivity contribution in [2.24, 2.45) is 5.92 Å². The quantitative estimate of drug-likeness (QED) is 0.634. The van der Waals surface area contributed by atoms with E-state index in [1.54, 1.807) is 12.1 Å². The zero-order valence-corrected chi connectivity index (χ0v) is 19.3. The second-order valence-corrected chi connectivity index (χ2v) is 10.4. The summed E-state index contributed by atoms with van der Waals surface area (Å²) >= 11 is 0. The molecule has 0 radical (unpaired) electrons. The first-order valence-corrected chi connectivity index (χ1v) is 12.7. The van der Waals surface area contributed by atoms with Gasteiger partial charge in [-0.3, -0.25) is 9.59 Å². The Morgan fingerprint density at radius 2 is 1.47 bits per heavy atom. The molecule has 2 saturated heterocycles. The lowest BCUT2D eigenvalue weighted by molar-refractivity contribution is -0.126. The monoisotopic (exact) mass is 492 g/mol. The first-order valence-electron chi connectivity index (χ1n) is 11.0. The van der Waals surface area contributed by atoms with Gasteiger partial charge in [0.05, 0.1) is 11.7 Å². The molecular formula is C23H26F2N4O4S. The molecule has 2 aromatic carbocycles. The first-order chi connectivity index (χ1) is 16.2. The Kier molecular flexibility index (Phi) is 7.13. The number of rotatable bonds is 7. The van der Waals surface area contributed by atoms with Crippen LogP contribution in [0.4, 0.5) is 20.2 Å². The molecular weight excluding hydrogens is 466 g/mol. The maximum absolute atomic E-state index is 13.1. The van der Waals surface area contributed by atoms with E-state index < -0.39 is 21.8 Å². The van der Waals surface area contributed by atoms with E-state index in [4.69, 9.17) is 0 Å². The smallest absolute Gasteiger partial charge is 0.227 e. The van der Waals surface area contributed by atoms with Gasteiger partial charge in [0, 0.05) is 57.1 Å². The average Bonchev–Trinajstić information content (AvgIpc) is 3.22. The topological polar surface area (TPSA) is 90.0 Å². The fourth-order valence-electron chi connectivity index (χ4n) is 4.21. The van der Waals surface area contributed by atoms with Gasteiger partial charge in [0.2, 0.25) is 21.8 Å². The Morgan fingerprint density at radius 3 is 2.06 bits per heavy atom. The molecule has 2 aliphatic heterocycles. The molecule has 2 fully saturated rings. The van der Waals surface area contributed by atoms with Gasteiger partial charge in [0.15, 0.2) is 0 Å². The highest BCUT2D eigenvalue weighted by atomic mass is 32.2. The van der Waals surface area contributed by atoms with E-state index in [-0.39, 0.29) is 42.9 Å². The maximum atomic E-state index is 13.1. The molecule has 0 aliphatic carbocycles. The van der Waals surface area contributed by atoms with Gasteiger partial charge in [-0.15, -0.1) is 0 Å². The molecule has 0 spiro atoms. The number of piperazine rings is 1. The SMILES string of the molecule is O=C(NCCS(=O)(=O)N1CCN(c2ccc(F)cc2)CC1)[C@@H]1CC(=O)N(c2ccc(F)cc2)C1. The summed E-state index contributed by atoms with van der Waals surface area (Å²) < 4.78 is 53.0. The molecule has 4 rings (SSSR count). The zero-order valence-electron chi connectivity index (χ0n) is 18.5. The van der Waals surface area contributed by atoms with Gasteiger partial charge in [-0.25, -0.2) is 17.2 Å². The average molecular weight is 493 g/mol. The third-order valence-electron chi connectivity index (χ3n) is 6.12. The maximum Gasteiger partial charge on any atom is 0.227 e. The van der Waals surface area contributed by atoms with Crippen molar-refractivity contribution in [1.29, 1.82) is 0 Å². The molecule has 182 valence electrons. The number of hydrogen-bond donors (Lipinski definition) is 1. The van der Waals surface area contributed by atoms with Gasteiger partial charge < -0.3 is 15.1 Å². The lowest BCUT2D eigenvalue weighted by atomic mass is 10.1. The summed E-state index contributed by atoms with van der Waals surface area (Å²) in [6.45, 7) is 1.69. The van der Waals surface area contributed by atoms with Gasteiger partial charge in [-0.1, -0.05) is 0 Å². The van der Waals surface area contributed by atoms with Crippen molar-refractivity contribution >= 4 is 33.2 Å². The highest BCUT2D eigenvalue weighted by Crippen LogP contribution is 2.25. The number of carbonyl (C=O) groups excluding carboxylic acids is 2. The minimum atomic E-state index is -3.56. The second kappa shape index (κ2) is 10.1. The minimum Gasteiger partial charge on any atom is -0.369 e. The number of hydrogen-bond acceptors (Lipinski definition) is 5. The molecule has 0 aromatic heterocycles. The minimum absolute atomic E-state index is 0.0152. The fraction of sp³-hybridized carbons (Fsp3) is 0.391. The molecule has 2 amide bonds. The van der Waals surface area contributed by atoms with E-state index in [0.29, 0.717) is 31.9 Å². The molecule has 0 bridgehead atoms. The van der Waals surface area contributed by atoms with Gasteiger partial charge in [-0.05, 0) is 48.5 Å². The molecule has 2 heterocycles. The van der Waals surface area contributed by atoms with Crippen molar-refractivity contribution in [2.75, 3.05) is 54.8 Å². The van der Waals surface area contributed by atoms with Gasteiger partial charge in [0.25, 0.3) is 0 Å². The van der Waals surface area contributed by atoms with Crippen LogP contribution < -0.4 is 15.1 Å². The summed E-state index contributed by atoms with van der Waals surface area (Å²) in [6.07, 6.45) is 0.0152. The van der Waals surface area contributed by atoms with Crippen molar-refractivity contribution < 1.29 is 26.8 Å². The molecule has 0 unspecified atom stereocenters. The largest absolute Gasteiger partial charge is 0.369 e. The molecule has 34 heavy (non-hydrogen) atoms. The molecule has 1 N–H and O–H groups in total. The summed E-state index contributed by atoms with van der Waals surface area (Å²) in [7, 11) is -3.56. The third-order valence-corrected chi connectivity index (χ3v) is 7.99. The molecule has 2 aromatic rings. The summed E-state index contributed by atoms with van der Waals surface area (Å²) in [4.78, 5) is 28.2. The standard InChI is InChI=1S/C23H26F2N4O4S/c24-18-1-5-20(6-2-18)27-10-12-28(13-11-27)34(32,33)14-9-26-23(31)17-15-22(30)29(16-17)21-7-3-19(25)4-8-21/h1-8,17H,9-16H2,(H,26,31)/t17-/m1/s1. The highest BCUT2D eigenvalue weighted by molar-refractivity contribution is 7.89. The summed E-state index contributed by atoms with van der Waals surface area (Å²) in [6, 6.07) is 11.5. The Bertz CT molecular complexity index is 1130. The predicted octanol–water partition coefficient (Wildman–Crippen LogP) is 1.59. The first kappa shape index (κ1) is 24.1. The molecule has 1 atom stereocenters. The molecule has 8 nitrogen and oxygen atoms in total. The van der Waals surface area contributed by atoms with E-state index in [1.165, 1.54) is 45.6 Å². The zero-order chi connectivity index (χ0) is 24.3. The van der Waals surface area contributed by atoms with Crippen LogP contribution in [0.5, 0.6) is 0 Å². The Labute approximate surface area is 197 Å². The van der Waals surface area contributed by atoms with Crippen LogP contribution in [0.25, 0.3) is 0 Å². The number of anilines is 2. The van der Waals surface area contributed by atoms with Crippen LogP contribution in [-0.4, -0.2) is 69.6 Å². The fourth-order valence-corrected chi connectivity index (χ4v) is 5.54. The van der Waals surface area contributed by atoms with E-state index in [2.05, 4.69) is 5.32 Å². The van der Waals surface area contributed by atoms with Gasteiger partial charge in [0.1, 0.15) is 11.6 Å². The van der Waals surface area contributed by atoms with Crippen molar-refractivity contribution in [3.8, 4) is 0 Å². The van der Waals surface area contributed by atoms with E-state index in [0.717, 1.165) is 5.69 Å². The summed E-state index contributed by atoms with van der Waals surface area (Å²) in [5.41, 5.74) is 1.36. The van der Waals surface area contributed by atoms with Crippen LogP contribution in [0.15, 0.2) is 48.5 Å². The normalized spacial score (nSPS) is 19.5. The van der Waals surface area contributed by atoms with E-state index in [1.807, 2.05) is 4.90 Å². The van der Waals surface area contributed by atoms with E-state index >= 15 is 0 Å². The Hall–Kier alpha value is -3.05. The Balaban J connectivity index is 1.23. The lowest BCUT2D eigenvalue weighted by Gasteiger charge is -2.35. The van der Waals surface area contributed by atoms with Crippen LogP contribution in [-0.2, 0) is 19.6 Å².